The Morgan fingerprint density at radius 1 is 0.619 bits per heavy atom. The number of hydrogen-bond donors (Lipinski definition) is 0. The predicted molar refractivity (Wildman–Crippen MR) is 90.3 cm³/mol. The average Bonchev–Trinajstić information content (AvgIpc) is 2.60. The van der Waals surface area contributed by atoms with Crippen LogP contribution in [0.1, 0.15) is 70.7 Å². The van der Waals surface area contributed by atoms with Crippen LogP contribution in [0.15, 0.2) is 33.4 Å². The third-order valence-corrected chi connectivity index (χ3v) is 5.12. The minimum absolute atomic E-state index is 0. The number of rotatable bonds is 0. The van der Waals surface area contributed by atoms with Crippen molar-refractivity contribution in [1.29, 1.82) is 0 Å². The van der Waals surface area contributed by atoms with Crippen LogP contribution in [0, 0.1) is 72.4 Å². The van der Waals surface area contributed by atoms with E-state index >= 15 is 0 Å². The second-order valence-electron chi connectivity index (χ2n) is 7.25. The van der Waals surface area contributed by atoms with Gasteiger partial charge in [-0.1, -0.05) is 66.2 Å². The molecule has 0 saturated carbocycles. The fourth-order valence-electron chi connectivity index (χ4n) is 2.81. The molecular weight excluding hydrogens is 392 g/mol. The summed E-state index contributed by atoms with van der Waals surface area (Å²) in [6, 6.07) is 0. The molecule has 21 heavy (non-hydrogen) atoms. The van der Waals surface area contributed by atoms with Crippen molar-refractivity contribution in [3.8, 4) is 0 Å². The first-order chi connectivity index (χ1) is 8.90. The van der Waals surface area contributed by atoms with Crippen molar-refractivity contribution in [3.63, 3.8) is 0 Å². The van der Waals surface area contributed by atoms with Crippen LogP contribution in [0.5, 0.6) is 0 Å². The second-order valence-corrected chi connectivity index (χ2v) is 7.25. The summed E-state index contributed by atoms with van der Waals surface area (Å²) in [6.45, 7) is 21.8. The van der Waals surface area contributed by atoms with E-state index in [-0.39, 0.29) is 61.6 Å². The molecular formula is C20H31Eu. The van der Waals surface area contributed by atoms with Crippen LogP contribution in [0.3, 0.4) is 0 Å². The van der Waals surface area contributed by atoms with Gasteiger partial charge in [-0.3, -0.25) is 12.2 Å². The van der Waals surface area contributed by atoms with Crippen LogP contribution >= 0.6 is 0 Å². The Hall–Kier alpha value is 0.544. The van der Waals surface area contributed by atoms with Gasteiger partial charge >= 0.3 is 49.4 Å². The Morgan fingerprint density at radius 2 is 0.857 bits per heavy atom. The molecule has 0 heterocycles. The molecule has 2 aliphatic carbocycles. The van der Waals surface area contributed by atoms with Gasteiger partial charge in [0, 0.05) is 0 Å². The van der Waals surface area contributed by atoms with Gasteiger partial charge in [-0.15, -0.1) is 13.8 Å². The van der Waals surface area contributed by atoms with Crippen LogP contribution in [-0.4, -0.2) is 0 Å². The summed E-state index contributed by atoms with van der Waals surface area (Å²) in [4.78, 5) is 0. The quantitative estimate of drug-likeness (QED) is 0.399. The second kappa shape index (κ2) is 7.41. The molecule has 0 aromatic heterocycles. The maximum atomic E-state index is 3.44. The summed E-state index contributed by atoms with van der Waals surface area (Å²) < 4.78 is 0. The van der Waals surface area contributed by atoms with Gasteiger partial charge in [0.2, 0.25) is 0 Å². The van der Waals surface area contributed by atoms with E-state index in [9.17, 15) is 0 Å². The van der Waals surface area contributed by atoms with Gasteiger partial charge in [-0.05, 0) is 0 Å². The SMILES string of the molecule is CC1=[C-]C(C)(C)C(C)=C1C.CC1=[C-]C(C)(C)C(C)=C1C.[Eu+3].[H-]. The van der Waals surface area contributed by atoms with E-state index in [0.29, 0.717) is 0 Å². The fourth-order valence-corrected chi connectivity index (χ4v) is 2.81. The van der Waals surface area contributed by atoms with E-state index in [4.69, 9.17) is 0 Å². The average molecular weight is 423 g/mol. The van der Waals surface area contributed by atoms with Gasteiger partial charge in [0.25, 0.3) is 0 Å². The van der Waals surface area contributed by atoms with Crippen molar-refractivity contribution < 1.29 is 50.8 Å². The molecule has 0 unspecified atom stereocenters. The molecule has 1 heteroatoms. The van der Waals surface area contributed by atoms with Gasteiger partial charge in [-0.25, -0.2) is 11.1 Å². The van der Waals surface area contributed by atoms with Crippen molar-refractivity contribution in [2.45, 2.75) is 69.2 Å². The van der Waals surface area contributed by atoms with Gasteiger partial charge in [0.1, 0.15) is 0 Å². The van der Waals surface area contributed by atoms with E-state index in [2.05, 4.69) is 81.4 Å². The molecule has 0 aromatic rings. The van der Waals surface area contributed by atoms with E-state index in [0.717, 1.165) is 0 Å². The zero-order chi connectivity index (χ0) is 15.9. The van der Waals surface area contributed by atoms with Crippen molar-refractivity contribution in [1.82, 2.24) is 0 Å². The Kier molecular flexibility index (Phi) is 7.60. The van der Waals surface area contributed by atoms with Crippen LogP contribution in [0.4, 0.5) is 0 Å². The smallest absolute Gasteiger partial charge is 1.00 e. The normalized spacial score (nSPS) is 22.4. The zero-order valence-electron chi connectivity index (χ0n) is 16.4. The van der Waals surface area contributed by atoms with E-state index in [1.807, 2.05) is 0 Å². The first-order valence-electron chi connectivity index (χ1n) is 7.50. The minimum Gasteiger partial charge on any atom is -1.00 e. The largest absolute Gasteiger partial charge is 3.00 e. The summed E-state index contributed by atoms with van der Waals surface area (Å²) in [5.41, 5.74) is 8.79. The van der Waals surface area contributed by atoms with E-state index < -0.39 is 0 Å². The molecule has 0 atom stereocenters. The number of hydrogen-bond acceptors (Lipinski definition) is 0. The molecule has 0 nitrogen and oxygen atoms in total. The zero-order valence-corrected chi connectivity index (χ0v) is 17.8. The first kappa shape index (κ1) is 21.5. The minimum atomic E-state index is 0. The molecule has 0 radical (unpaired) electrons. The summed E-state index contributed by atoms with van der Waals surface area (Å²) in [5.74, 6) is 0. The Balaban J connectivity index is 0. The Bertz CT molecular complexity index is 490. The van der Waals surface area contributed by atoms with Crippen molar-refractivity contribution in [2.24, 2.45) is 10.8 Å². The Labute approximate surface area is 174 Å². The third kappa shape index (κ3) is 4.76. The molecule has 2 rings (SSSR count). The molecule has 0 amide bonds. The Morgan fingerprint density at radius 3 is 0.905 bits per heavy atom. The van der Waals surface area contributed by atoms with Gasteiger partial charge in [0.05, 0.1) is 0 Å². The van der Waals surface area contributed by atoms with E-state index in [1.54, 1.807) is 0 Å². The van der Waals surface area contributed by atoms with E-state index in [1.165, 1.54) is 33.4 Å². The van der Waals surface area contributed by atoms with Crippen molar-refractivity contribution >= 4 is 0 Å². The predicted octanol–water partition coefficient (Wildman–Crippen LogP) is 6.34. The van der Waals surface area contributed by atoms with Crippen LogP contribution in [-0.2, 0) is 0 Å². The van der Waals surface area contributed by atoms with Gasteiger partial charge in [-0.2, -0.15) is 22.3 Å². The molecule has 118 valence electrons. The summed E-state index contributed by atoms with van der Waals surface area (Å²) in [7, 11) is 0. The molecule has 0 aliphatic heterocycles. The van der Waals surface area contributed by atoms with Crippen LogP contribution in [0.25, 0.3) is 0 Å². The maximum Gasteiger partial charge on any atom is 3.00 e. The number of allylic oxidation sites excluding steroid dienone is 8. The molecule has 0 saturated heterocycles. The molecule has 2 aliphatic rings. The maximum absolute atomic E-state index is 3.44. The molecule has 0 N–H and O–H groups in total. The van der Waals surface area contributed by atoms with Gasteiger partial charge in [0.15, 0.2) is 0 Å². The van der Waals surface area contributed by atoms with Crippen LogP contribution < -0.4 is 0 Å². The van der Waals surface area contributed by atoms with Crippen LogP contribution in [0.2, 0.25) is 0 Å². The summed E-state index contributed by atoms with van der Waals surface area (Å²) in [5, 5.41) is 0. The monoisotopic (exact) mass is 424 g/mol. The van der Waals surface area contributed by atoms with Crippen molar-refractivity contribution in [2.75, 3.05) is 0 Å². The summed E-state index contributed by atoms with van der Waals surface area (Å²) >= 11 is 0. The first-order valence-corrected chi connectivity index (χ1v) is 7.50. The van der Waals surface area contributed by atoms with Gasteiger partial charge < -0.3 is 1.43 Å². The topological polar surface area (TPSA) is 0 Å². The fraction of sp³-hybridized carbons (Fsp3) is 0.600. The standard InChI is InChI=1S/2C10H15.Eu.H/c2*1-7-6-10(4,5)9(3)8(7)2;;/h2*1-5H3;;/q2*-1;+3;-1. The molecule has 0 bridgehead atoms. The molecule has 0 aromatic carbocycles. The molecule has 0 spiro atoms. The molecule has 0 fully saturated rings. The third-order valence-electron chi connectivity index (χ3n) is 5.12. The van der Waals surface area contributed by atoms with Crippen molar-refractivity contribution in [3.05, 3.63) is 45.6 Å². The summed E-state index contributed by atoms with van der Waals surface area (Å²) in [6.07, 6.45) is 6.87.